The highest BCUT2D eigenvalue weighted by molar-refractivity contribution is 5.80. The summed E-state index contributed by atoms with van der Waals surface area (Å²) in [4.78, 5) is 13.0. The second-order valence-electron chi connectivity index (χ2n) is 16.7. The molecule has 0 radical (unpaired) electrons. The molecule has 0 aliphatic carbocycles. The minimum atomic E-state index is -1.62. The van der Waals surface area contributed by atoms with Crippen molar-refractivity contribution in [3.8, 4) is 0 Å². The zero-order valence-corrected chi connectivity index (χ0v) is 36.9. The quantitative estimate of drug-likeness (QED) is 0.0236. The van der Waals surface area contributed by atoms with Crippen LogP contribution in [0.2, 0.25) is 0 Å². The molecule has 1 heterocycles. The number of aliphatic hydroxyl groups is 6. The highest BCUT2D eigenvalue weighted by Crippen LogP contribution is 2.23. The standard InChI is InChI=1S/C48H89NO9/c1-3-5-7-9-11-13-15-16-17-18-19-20-21-22-23-24-25-27-29-31-33-35-37-42(52)47(56)49-40(39-57-48-46(55)45(54)44(53)43(38-50)58-48)41(51)36-34-32-30-28-26-14-12-10-8-6-4-2/h8,10,26,28,34,36,40-46,48,50-55H,3-7,9,11-25,27,29-33,35,37-39H2,1-2H3,(H,49,56)/b10-8+,28-26+,36-34+. The van der Waals surface area contributed by atoms with E-state index in [2.05, 4.69) is 43.5 Å². The number of carbonyl (C=O) groups excluding carboxylic acids is 1. The van der Waals surface area contributed by atoms with Crippen LogP contribution in [0, 0.1) is 0 Å². The van der Waals surface area contributed by atoms with Gasteiger partial charge in [-0.15, -0.1) is 0 Å². The van der Waals surface area contributed by atoms with Crippen molar-refractivity contribution in [3.63, 3.8) is 0 Å². The van der Waals surface area contributed by atoms with Crippen molar-refractivity contribution < 1.29 is 44.9 Å². The molecule has 0 aromatic carbocycles. The topological polar surface area (TPSA) is 169 Å². The maximum atomic E-state index is 13.0. The predicted molar refractivity (Wildman–Crippen MR) is 236 cm³/mol. The maximum absolute atomic E-state index is 13.0. The fraction of sp³-hybridized carbons (Fsp3) is 0.854. The van der Waals surface area contributed by atoms with Gasteiger partial charge >= 0.3 is 0 Å². The minimum Gasteiger partial charge on any atom is -0.394 e. The molecule has 8 atom stereocenters. The molecule has 1 amide bonds. The molecule has 340 valence electrons. The predicted octanol–water partition coefficient (Wildman–Crippen LogP) is 9.03. The normalized spacial score (nSPS) is 21.7. The highest BCUT2D eigenvalue weighted by Gasteiger charge is 2.44. The summed E-state index contributed by atoms with van der Waals surface area (Å²) in [7, 11) is 0. The van der Waals surface area contributed by atoms with E-state index in [9.17, 15) is 35.4 Å². The molecule has 58 heavy (non-hydrogen) atoms. The van der Waals surface area contributed by atoms with Crippen molar-refractivity contribution in [2.24, 2.45) is 0 Å². The summed E-state index contributed by atoms with van der Waals surface area (Å²) in [6, 6.07) is -0.999. The average molecular weight is 824 g/mol. The summed E-state index contributed by atoms with van der Waals surface area (Å²) in [5, 5.41) is 64.5. The number of hydrogen-bond acceptors (Lipinski definition) is 9. The van der Waals surface area contributed by atoms with Crippen LogP contribution >= 0.6 is 0 Å². The first-order valence-corrected chi connectivity index (χ1v) is 23.8. The van der Waals surface area contributed by atoms with E-state index in [0.29, 0.717) is 19.3 Å². The lowest BCUT2D eigenvalue weighted by Gasteiger charge is -2.40. The van der Waals surface area contributed by atoms with Crippen LogP contribution in [0.4, 0.5) is 0 Å². The third kappa shape index (κ3) is 28.0. The van der Waals surface area contributed by atoms with Crippen LogP contribution in [0.15, 0.2) is 36.5 Å². The minimum absolute atomic E-state index is 0.303. The van der Waals surface area contributed by atoms with Gasteiger partial charge in [-0.2, -0.15) is 0 Å². The van der Waals surface area contributed by atoms with Crippen molar-refractivity contribution in [2.75, 3.05) is 13.2 Å². The lowest BCUT2D eigenvalue weighted by molar-refractivity contribution is -0.302. The number of hydrogen-bond donors (Lipinski definition) is 7. The lowest BCUT2D eigenvalue weighted by atomic mass is 9.99. The molecule has 7 N–H and O–H groups in total. The molecule has 8 unspecified atom stereocenters. The number of amides is 1. The average Bonchev–Trinajstić information content (AvgIpc) is 3.22. The largest absolute Gasteiger partial charge is 0.394 e. The van der Waals surface area contributed by atoms with E-state index < -0.39 is 61.5 Å². The monoisotopic (exact) mass is 824 g/mol. The van der Waals surface area contributed by atoms with Gasteiger partial charge in [-0.05, 0) is 38.5 Å². The first kappa shape index (κ1) is 54.4. The van der Waals surface area contributed by atoms with E-state index in [1.54, 1.807) is 6.08 Å². The van der Waals surface area contributed by atoms with Gasteiger partial charge in [0, 0.05) is 0 Å². The zero-order valence-electron chi connectivity index (χ0n) is 36.9. The maximum Gasteiger partial charge on any atom is 0.249 e. The number of aliphatic hydroxyl groups excluding tert-OH is 6. The summed E-state index contributed by atoms with van der Waals surface area (Å²) in [5.74, 6) is -0.630. The molecule has 1 saturated heterocycles. The lowest BCUT2D eigenvalue weighted by Crippen LogP contribution is -2.60. The Balaban J connectivity index is 2.32. The Morgan fingerprint density at radius 1 is 0.586 bits per heavy atom. The molecule has 1 rings (SSSR count). The van der Waals surface area contributed by atoms with Crippen LogP contribution in [0.5, 0.6) is 0 Å². The molecule has 0 bridgehead atoms. The Morgan fingerprint density at radius 2 is 1.02 bits per heavy atom. The highest BCUT2D eigenvalue weighted by atomic mass is 16.7. The molecule has 1 aliphatic heterocycles. The van der Waals surface area contributed by atoms with Crippen molar-refractivity contribution >= 4 is 5.91 Å². The van der Waals surface area contributed by atoms with Gasteiger partial charge in [-0.25, -0.2) is 0 Å². The number of nitrogens with one attached hydrogen (secondary N) is 1. The van der Waals surface area contributed by atoms with Crippen LogP contribution in [0.1, 0.15) is 200 Å². The first-order valence-electron chi connectivity index (χ1n) is 23.8. The van der Waals surface area contributed by atoms with Gasteiger partial charge in [0.1, 0.15) is 30.5 Å². The van der Waals surface area contributed by atoms with E-state index in [-0.39, 0.29) is 6.61 Å². The fourth-order valence-corrected chi connectivity index (χ4v) is 7.38. The molecule has 10 heteroatoms. The van der Waals surface area contributed by atoms with E-state index in [1.165, 1.54) is 116 Å². The number of unbranched alkanes of at least 4 members (excludes halogenated alkanes) is 24. The third-order valence-electron chi connectivity index (χ3n) is 11.3. The van der Waals surface area contributed by atoms with Crippen LogP contribution < -0.4 is 5.32 Å². The molecule has 1 fully saturated rings. The van der Waals surface area contributed by atoms with E-state index in [0.717, 1.165) is 51.4 Å². The second-order valence-corrected chi connectivity index (χ2v) is 16.7. The van der Waals surface area contributed by atoms with Crippen LogP contribution in [0.3, 0.4) is 0 Å². The van der Waals surface area contributed by atoms with Gasteiger partial charge in [0.2, 0.25) is 5.91 Å². The van der Waals surface area contributed by atoms with E-state index >= 15 is 0 Å². The summed E-state index contributed by atoms with van der Waals surface area (Å²) in [5.41, 5.74) is 0. The number of carbonyl (C=O) groups is 1. The summed E-state index contributed by atoms with van der Waals surface area (Å²) in [6.45, 7) is 3.51. The molecule has 10 nitrogen and oxygen atoms in total. The molecule has 0 spiro atoms. The Kier molecular flexibility index (Phi) is 35.9. The van der Waals surface area contributed by atoms with Gasteiger partial charge < -0.3 is 45.4 Å². The fourth-order valence-electron chi connectivity index (χ4n) is 7.38. The summed E-state index contributed by atoms with van der Waals surface area (Å²) < 4.78 is 11.1. The van der Waals surface area contributed by atoms with Crippen LogP contribution in [-0.2, 0) is 14.3 Å². The van der Waals surface area contributed by atoms with Gasteiger partial charge in [-0.1, -0.05) is 198 Å². The van der Waals surface area contributed by atoms with Gasteiger partial charge in [0.05, 0.1) is 25.4 Å². The Labute approximate surface area is 354 Å². The number of allylic oxidation sites excluding steroid dienone is 5. The van der Waals surface area contributed by atoms with Crippen molar-refractivity contribution in [3.05, 3.63) is 36.5 Å². The first-order chi connectivity index (χ1) is 28.3. The van der Waals surface area contributed by atoms with E-state index in [1.807, 2.05) is 6.08 Å². The SMILES string of the molecule is CCC/C=C/CC/C=C/CC/C=C/C(O)C(COC1OC(CO)C(O)C(O)C1O)NC(=O)C(O)CCCCCCCCCCCCCCCCCCCCCCCC. The summed E-state index contributed by atoms with van der Waals surface area (Å²) >= 11 is 0. The summed E-state index contributed by atoms with van der Waals surface area (Å²) in [6.07, 6.45) is 36.8. The van der Waals surface area contributed by atoms with Gasteiger partial charge in [0.25, 0.3) is 0 Å². The van der Waals surface area contributed by atoms with Crippen LogP contribution in [0.25, 0.3) is 0 Å². The molecule has 1 aliphatic rings. The van der Waals surface area contributed by atoms with Crippen LogP contribution in [-0.4, -0.2) is 98.7 Å². The van der Waals surface area contributed by atoms with Crippen molar-refractivity contribution in [1.29, 1.82) is 0 Å². The number of rotatable bonds is 39. The molecular weight excluding hydrogens is 735 g/mol. The Bertz CT molecular complexity index is 1020. The molecular formula is C48H89NO9. The zero-order chi connectivity index (χ0) is 42.5. The molecule has 0 aromatic heterocycles. The van der Waals surface area contributed by atoms with Crippen molar-refractivity contribution in [1.82, 2.24) is 5.32 Å². The third-order valence-corrected chi connectivity index (χ3v) is 11.3. The second kappa shape index (κ2) is 38.3. The van der Waals surface area contributed by atoms with Gasteiger partial charge in [0.15, 0.2) is 6.29 Å². The van der Waals surface area contributed by atoms with Gasteiger partial charge in [-0.3, -0.25) is 4.79 Å². The smallest absolute Gasteiger partial charge is 0.249 e. The molecule has 0 saturated carbocycles. The van der Waals surface area contributed by atoms with E-state index in [4.69, 9.17) is 9.47 Å². The number of ether oxygens (including phenoxy) is 2. The Hall–Kier alpha value is -1.63. The molecule has 0 aromatic rings. The Morgan fingerprint density at radius 3 is 1.47 bits per heavy atom. The van der Waals surface area contributed by atoms with Crippen molar-refractivity contribution in [2.45, 2.75) is 249 Å².